The molecule has 3 aromatic rings. The van der Waals surface area contributed by atoms with Crippen molar-refractivity contribution in [2.75, 3.05) is 26.2 Å². The number of amides is 2. The molecule has 2 aromatic carbocycles. The van der Waals surface area contributed by atoms with Crippen LogP contribution in [0, 0.1) is 5.82 Å². The molecule has 4 rings (SSSR count). The zero-order valence-corrected chi connectivity index (χ0v) is 17.6. The number of benzene rings is 2. The Hall–Kier alpha value is -2.77. The number of hydrogen-bond acceptors (Lipinski definition) is 4. The Balaban J connectivity index is 1.33. The van der Waals surface area contributed by atoms with Crippen LogP contribution in [0.1, 0.15) is 16.1 Å². The molecule has 0 aliphatic carbocycles. The molecule has 1 fully saturated rings. The number of nitrogens with zero attached hydrogens (tertiary/aromatic N) is 3. The van der Waals surface area contributed by atoms with Crippen LogP contribution in [0.3, 0.4) is 0 Å². The van der Waals surface area contributed by atoms with E-state index in [4.69, 9.17) is 11.6 Å². The van der Waals surface area contributed by atoms with Gasteiger partial charge in [-0.15, -0.1) is 11.3 Å². The molecule has 1 saturated heterocycles. The van der Waals surface area contributed by atoms with Crippen molar-refractivity contribution in [2.24, 2.45) is 0 Å². The van der Waals surface area contributed by atoms with Gasteiger partial charge in [-0.3, -0.25) is 9.59 Å². The Morgan fingerprint density at radius 1 is 0.967 bits per heavy atom. The number of hydrogen-bond donors (Lipinski definition) is 0. The van der Waals surface area contributed by atoms with E-state index in [0.29, 0.717) is 48.3 Å². The van der Waals surface area contributed by atoms with Crippen molar-refractivity contribution < 1.29 is 14.0 Å². The zero-order chi connectivity index (χ0) is 21.1. The third-order valence-electron chi connectivity index (χ3n) is 5.00. The summed E-state index contributed by atoms with van der Waals surface area (Å²) < 4.78 is 13.1. The average Bonchev–Trinajstić information content (AvgIpc) is 3.26. The van der Waals surface area contributed by atoms with Crippen LogP contribution in [0.25, 0.3) is 10.6 Å². The maximum absolute atomic E-state index is 13.1. The van der Waals surface area contributed by atoms with Gasteiger partial charge in [-0.1, -0.05) is 23.7 Å². The second-order valence-electron chi connectivity index (χ2n) is 7.02. The highest BCUT2D eigenvalue weighted by Gasteiger charge is 2.26. The highest BCUT2D eigenvalue weighted by atomic mass is 35.5. The largest absolute Gasteiger partial charge is 0.339 e. The first kappa shape index (κ1) is 20.5. The van der Waals surface area contributed by atoms with Crippen molar-refractivity contribution in [3.63, 3.8) is 0 Å². The van der Waals surface area contributed by atoms with Gasteiger partial charge in [-0.05, 0) is 42.0 Å². The van der Waals surface area contributed by atoms with Gasteiger partial charge in [0.1, 0.15) is 16.5 Å². The summed E-state index contributed by atoms with van der Waals surface area (Å²) in [6.07, 6.45) is 0.318. The number of halogens is 2. The normalized spacial score (nSPS) is 14.1. The Morgan fingerprint density at radius 2 is 1.60 bits per heavy atom. The molecule has 0 bridgehead atoms. The molecular formula is C22H19ClFN3O2S. The summed E-state index contributed by atoms with van der Waals surface area (Å²) in [5, 5.41) is 3.04. The molecule has 0 atom stereocenters. The van der Waals surface area contributed by atoms with Crippen LogP contribution in [0.4, 0.5) is 4.39 Å². The predicted octanol–water partition coefficient (Wildman–Crippen LogP) is 4.13. The molecule has 0 saturated carbocycles. The maximum atomic E-state index is 13.1. The molecule has 0 N–H and O–H groups in total. The summed E-state index contributed by atoms with van der Waals surface area (Å²) in [7, 11) is 0. The third kappa shape index (κ3) is 4.68. The molecule has 2 amide bonds. The van der Waals surface area contributed by atoms with Crippen molar-refractivity contribution >= 4 is 34.8 Å². The summed E-state index contributed by atoms with van der Waals surface area (Å²) in [6, 6.07) is 13.3. The summed E-state index contributed by atoms with van der Waals surface area (Å²) in [4.78, 5) is 33.2. The summed E-state index contributed by atoms with van der Waals surface area (Å²) in [5.41, 5.74) is 2.07. The van der Waals surface area contributed by atoms with Gasteiger partial charge in [-0.25, -0.2) is 9.37 Å². The minimum atomic E-state index is -0.310. The van der Waals surface area contributed by atoms with Gasteiger partial charge in [0, 0.05) is 42.1 Å². The van der Waals surface area contributed by atoms with Crippen LogP contribution < -0.4 is 0 Å². The number of carbonyl (C=O) groups excluding carboxylic acids is 2. The lowest BCUT2D eigenvalue weighted by atomic mass is 10.1. The second kappa shape index (κ2) is 8.93. The monoisotopic (exact) mass is 443 g/mol. The predicted molar refractivity (Wildman–Crippen MR) is 115 cm³/mol. The first-order valence-corrected chi connectivity index (χ1v) is 10.8. The van der Waals surface area contributed by atoms with E-state index >= 15 is 0 Å². The van der Waals surface area contributed by atoms with E-state index in [9.17, 15) is 14.0 Å². The molecule has 1 aliphatic heterocycles. The summed E-state index contributed by atoms with van der Waals surface area (Å²) in [5.74, 6) is -0.420. The number of piperazine rings is 1. The molecular weight excluding hydrogens is 425 g/mol. The van der Waals surface area contributed by atoms with E-state index in [2.05, 4.69) is 4.98 Å². The molecule has 0 unspecified atom stereocenters. The minimum Gasteiger partial charge on any atom is -0.339 e. The van der Waals surface area contributed by atoms with Crippen molar-refractivity contribution in [3.8, 4) is 10.6 Å². The van der Waals surface area contributed by atoms with Crippen LogP contribution in [0.5, 0.6) is 0 Å². The summed E-state index contributed by atoms with van der Waals surface area (Å²) >= 11 is 7.24. The number of rotatable bonds is 4. The molecule has 30 heavy (non-hydrogen) atoms. The van der Waals surface area contributed by atoms with Crippen LogP contribution in [-0.4, -0.2) is 52.8 Å². The lowest BCUT2D eigenvalue weighted by Gasteiger charge is -2.34. The van der Waals surface area contributed by atoms with Gasteiger partial charge in [0.05, 0.1) is 6.42 Å². The van der Waals surface area contributed by atoms with Crippen LogP contribution in [0.2, 0.25) is 5.02 Å². The van der Waals surface area contributed by atoms with Gasteiger partial charge in [0.2, 0.25) is 5.91 Å². The highest BCUT2D eigenvalue weighted by molar-refractivity contribution is 7.13. The van der Waals surface area contributed by atoms with Crippen LogP contribution >= 0.6 is 22.9 Å². The van der Waals surface area contributed by atoms with Crippen molar-refractivity contribution in [3.05, 3.63) is 76.0 Å². The Morgan fingerprint density at radius 3 is 2.27 bits per heavy atom. The fourth-order valence-corrected chi connectivity index (χ4v) is 4.23. The fraction of sp³-hybridized carbons (Fsp3) is 0.227. The topological polar surface area (TPSA) is 53.5 Å². The number of thiazole rings is 1. The Kier molecular flexibility index (Phi) is 6.11. The average molecular weight is 444 g/mol. The van der Waals surface area contributed by atoms with Crippen molar-refractivity contribution in [1.82, 2.24) is 14.8 Å². The van der Waals surface area contributed by atoms with Crippen molar-refractivity contribution in [1.29, 1.82) is 0 Å². The van der Waals surface area contributed by atoms with Gasteiger partial charge in [0.15, 0.2) is 0 Å². The SMILES string of the molecule is O=C(Cc1ccc(Cl)cc1)N1CCN(C(=O)c2csc(-c3ccc(F)cc3)n2)CC1. The fourth-order valence-electron chi connectivity index (χ4n) is 3.31. The first-order chi connectivity index (χ1) is 14.5. The van der Waals surface area contributed by atoms with Crippen LogP contribution in [-0.2, 0) is 11.2 Å². The molecule has 0 radical (unpaired) electrons. The molecule has 5 nitrogen and oxygen atoms in total. The Bertz CT molecular complexity index is 1050. The lowest BCUT2D eigenvalue weighted by molar-refractivity contribution is -0.131. The van der Waals surface area contributed by atoms with Gasteiger partial charge in [0.25, 0.3) is 5.91 Å². The minimum absolute atomic E-state index is 0.0386. The third-order valence-corrected chi connectivity index (χ3v) is 6.15. The van der Waals surface area contributed by atoms with Crippen molar-refractivity contribution in [2.45, 2.75) is 6.42 Å². The molecule has 0 spiro atoms. The Labute approximate surface area is 182 Å². The molecule has 1 aliphatic rings. The zero-order valence-electron chi connectivity index (χ0n) is 16.1. The lowest BCUT2D eigenvalue weighted by Crippen LogP contribution is -2.51. The van der Waals surface area contributed by atoms with E-state index < -0.39 is 0 Å². The van der Waals surface area contributed by atoms with Gasteiger partial charge >= 0.3 is 0 Å². The smallest absolute Gasteiger partial charge is 0.273 e. The van der Waals surface area contributed by atoms with E-state index in [-0.39, 0.29) is 17.6 Å². The molecule has 8 heteroatoms. The van der Waals surface area contributed by atoms with E-state index in [0.717, 1.165) is 11.1 Å². The highest BCUT2D eigenvalue weighted by Crippen LogP contribution is 2.24. The molecule has 2 heterocycles. The first-order valence-electron chi connectivity index (χ1n) is 9.52. The second-order valence-corrected chi connectivity index (χ2v) is 8.32. The maximum Gasteiger partial charge on any atom is 0.273 e. The number of carbonyl (C=O) groups is 2. The van der Waals surface area contributed by atoms with E-state index in [1.54, 1.807) is 39.4 Å². The van der Waals surface area contributed by atoms with E-state index in [1.165, 1.54) is 23.5 Å². The van der Waals surface area contributed by atoms with Gasteiger partial charge < -0.3 is 9.80 Å². The quantitative estimate of drug-likeness (QED) is 0.609. The standard InChI is InChI=1S/C22H19ClFN3O2S/c23-17-5-1-15(2-6-17)13-20(28)26-9-11-27(12-10-26)22(29)19-14-30-21(25-19)16-3-7-18(24)8-4-16/h1-8,14H,9-13H2. The van der Waals surface area contributed by atoms with Crippen LogP contribution in [0.15, 0.2) is 53.9 Å². The molecule has 154 valence electrons. The number of aromatic nitrogens is 1. The summed E-state index contributed by atoms with van der Waals surface area (Å²) in [6.45, 7) is 1.92. The molecule has 1 aromatic heterocycles. The van der Waals surface area contributed by atoms with E-state index in [1.807, 2.05) is 12.1 Å². The van der Waals surface area contributed by atoms with Gasteiger partial charge in [-0.2, -0.15) is 0 Å².